The van der Waals surface area contributed by atoms with E-state index in [0.717, 1.165) is 0 Å². The zero-order chi connectivity index (χ0) is 10.8. The number of rotatable bonds is 5. The highest BCUT2D eigenvalue weighted by molar-refractivity contribution is 6.18. The smallest absolute Gasteiger partial charge is 0.225 e. The maximum Gasteiger partial charge on any atom is 0.225 e. The highest BCUT2D eigenvalue weighted by atomic mass is 35.5. The van der Waals surface area contributed by atoms with Crippen molar-refractivity contribution in [2.24, 2.45) is 0 Å². The molecule has 0 saturated carbocycles. The Morgan fingerprint density at radius 1 is 1.64 bits per heavy atom. The number of carbonyl (C=O) groups excluding carboxylic acids is 1. The van der Waals surface area contributed by atoms with E-state index in [1.165, 1.54) is 18.2 Å². The average Bonchev–Trinajstić information content (AvgIpc) is 2.17. The number of hydrogen-bond acceptors (Lipinski definition) is 1. The van der Waals surface area contributed by atoms with Crippen LogP contribution in [0.5, 0.6) is 0 Å². The number of amides is 1. The van der Waals surface area contributed by atoms with Crippen LogP contribution in [-0.4, -0.2) is 18.5 Å². The summed E-state index contributed by atoms with van der Waals surface area (Å²) in [6, 6.07) is 0. The molecule has 4 heteroatoms. The zero-order valence-electron chi connectivity index (χ0n) is 7.59. The van der Waals surface area contributed by atoms with Crippen molar-refractivity contribution in [3.63, 3.8) is 0 Å². The maximum absolute atomic E-state index is 12.3. The lowest BCUT2D eigenvalue weighted by atomic mass is 10.3. The second-order valence-corrected chi connectivity index (χ2v) is 2.72. The molecule has 0 heterocycles. The van der Waals surface area contributed by atoms with E-state index in [4.69, 9.17) is 18.0 Å². The molecule has 0 rings (SSSR count). The number of terminal acetylenes is 1. The van der Waals surface area contributed by atoms with Crippen LogP contribution in [0, 0.1) is 12.3 Å². The minimum atomic E-state index is -0.747. The molecule has 0 aliphatic carbocycles. The molecule has 14 heavy (non-hydrogen) atoms. The molecular weight excluding hydrogens is 205 g/mol. The predicted octanol–water partition coefficient (Wildman–Crippen LogP) is 1.77. The van der Waals surface area contributed by atoms with Crippen molar-refractivity contribution in [3.05, 3.63) is 23.9 Å². The quantitative estimate of drug-likeness (QED) is 0.423. The van der Waals surface area contributed by atoms with Crippen LogP contribution in [0.3, 0.4) is 0 Å². The first-order chi connectivity index (χ1) is 6.74. The fourth-order valence-corrected chi connectivity index (χ4v) is 0.838. The van der Waals surface area contributed by atoms with Crippen molar-refractivity contribution in [1.29, 1.82) is 0 Å². The third-order valence-corrected chi connectivity index (χ3v) is 1.44. The van der Waals surface area contributed by atoms with E-state index in [1.54, 1.807) is 0 Å². The second-order valence-electron chi connectivity index (χ2n) is 2.34. The fourth-order valence-electron chi connectivity index (χ4n) is 0.667. The van der Waals surface area contributed by atoms with Crippen LogP contribution in [0.2, 0.25) is 0 Å². The van der Waals surface area contributed by atoms with E-state index in [0.29, 0.717) is 0 Å². The molecule has 0 aromatic carbocycles. The first-order valence-corrected chi connectivity index (χ1v) is 4.51. The van der Waals surface area contributed by atoms with Crippen molar-refractivity contribution >= 4 is 17.5 Å². The first kappa shape index (κ1) is 12.7. The van der Waals surface area contributed by atoms with Gasteiger partial charge in [-0.05, 0) is 12.2 Å². The number of carbonyl (C=O) groups is 1. The van der Waals surface area contributed by atoms with E-state index in [1.807, 2.05) is 0 Å². The highest BCUT2D eigenvalue weighted by Crippen LogP contribution is 1.94. The normalized spacial score (nSPS) is 11.4. The Balaban J connectivity index is 4.15. The third kappa shape index (κ3) is 6.27. The molecule has 0 saturated heterocycles. The molecule has 0 unspecified atom stereocenters. The molecule has 0 bridgehead atoms. The second kappa shape index (κ2) is 8.33. The molecule has 1 N–H and O–H groups in total. The van der Waals surface area contributed by atoms with Gasteiger partial charge in [0.15, 0.2) is 0 Å². The number of halogens is 2. The van der Waals surface area contributed by atoms with E-state index in [-0.39, 0.29) is 23.9 Å². The predicted molar refractivity (Wildman–Crippen MR) is 55.5 cm³/mol. The number of alkyl halides is 2. The topological polar surface area (TPSA) is 29.1 Å². The van der Waals surface area contributed by atoms with Gasteiger partial charge >= 0.3 is 0 Å². The number of hydrogen-bond donors (Lipinski definition) is 1. The summed E-state index contributed by atoms with van der Waals surface area (Å²) in [4.78, 5) is 11.0. The molecule has 0 aromatic rings. The monoisotopic (exact) mass is 215 g/mol. The lowest BCUT2D eigenvalue weighted by Gasteiger charge is -2.03. The van der Waals surface area contributed by atoms with E-state index >= 15 is 0 Å². The Morgan fingerprint density at radius 2 is 2.36 bits per heavy atom. The van der Waals surface area contributed by atoms with Crippen LogP contribution in [0.1, 0.15) is 6.42 Å². The Labute approximate surface area is 87.8 Å². The molecule has 0 atom stereocenters. The average molecular weight is 216 g/mol. The van der Waals surface area contributed by atoms with E-state index < -0.39 is 6.67 Å². The third-order valence-electron chi connectivity index (χ3n) is 1.26. The summed E-state index contributed by atoms with van der Waals surface area (Å²) in [6.45, 7) is -0.747. The van der Waals surface area contributed by atoms with Gasteiger partial charge < -0.3 is 5.32 Å². The van der Waals surface area contributed by atoms with Gasteiger partial charge in [0.2, 0.25) is 5.91 Å². The molecule has 0 radical (unpaired) electrons. The summed E-state index contributed by atoms with van der Waals surface area (Å²) in [5.41, 5.74) is 0.173. The molecule has 2 nitrogen and oxygen atoms in total. The molecule has 76 valence electrons. The molecule has 0 fully saturated rings. The molecule has 0 spiro atoms. The summed E-state index contributed by atoms with van der Waals surface area (Å²) in [6.07, 6.45) is 9.40. The van der Waals surface area contributed by atoms with Gasteiger partial charge in [-0.1, -0.05) is 12.0 Å². The van der Waals surface area contributed by atoms with Crippen molar-refractivity contribution in [3.8, 4) is 12.3 Å². The van der Waals surface area contributed by atoms with E-state index in [2.05, 4.69) is 11.2 Å². The largest absolute Gasteiger partial charge is 0.327 e. The Bertz CT molecular complexity index is 278. The van der Waals surface area contributed by atoms with Crippen molar-refractivity contribution in [2.75, 3.05) is 12.6 Å². The summed E-state index contributed by atoms with van der Waals surface area (Å²) in [5, 5.41) is 2.37. The first-order valence-electron chi connectivity index (χ1n) is 3.98. The van der Waals surface area contributed by atoms with Gasteiger partial charge in [-0.25, -0.2) is 4.39 Å². The lowest BCUT2D eigenvalue weighted by molar-refractivity contribution is -0.120. The maximum atomic E-state index is 12.3. The van der Waals surface area contributed by atoms with Gasteiger partial charge in [0.1, 0.15) is 6.67 Å². The standard InChI is InChI=1S/C10H11ClFNO/c1-2-3-4-5-9(8-12)13-10(14)6-7-11/h1,3-5H,6-8H2,(H,13,14)/b4-3-,9-5+. The van der Waals surface area contributed by atoms with Crippen LogP contribution in [0.4, 0.5) is 4.39 Å². The molecule has 1 amide bonds. The van der Waals surface area contributed by atoms with Crippen LogP contribution in [0.15, 0.2) is 23.9 Å². The fraction of sp³-hybridized carbons (Fsp3) is 0.300. The van der Waals surface area contributed by atoms with Gasteiger partial charge in [0.25, 0.3) is 0 Å². The summed E-state index contributed by atoms with van der Waals surface area (Å²) < 4.78 is 12.3. The van der Waals surface area contributed by atoms with Crippen molar-refractivity contribution < 1.29 is 9.18 Å². The SMILES string of the molecule is C#C/C=C\C=C(/CF)NC(=O)CCCl. The number of nitrogens with one attached hydrogen (secondary N) is 1. The van der Waals surface area contributed by atoms with Crippen molar-refractivity contribution in [2.45, 2.75) is 6.42 Å². The van der Waals surface area contributed by atoms with Crippen LogP contribution >= 0.6 is 11.6 Å². The van der Waals surface area contributed by atoms with Crippen LogP contribution in [0.25, 0.3) is 0 Å². The Hall–Kier alpha value is -1.27. The van der Waals surface area contributed by atoms with Crippen molar-refractivity contribution in [1.82, 2.24) is 5.32 Å². The summed E-state index contributed by atoms with van der Waals surface area (Å²) in [7, 11) is 0. The molecule has 0 aliphatic rings. The highest BCUT2D eigenvalue weighted by Gasteiger charge is 2.02. The summed E-state index contributed by atoms with van der Waals surface area (Å²) >= 11 is 5.34. The Morgan fingerprint density at radius 3 is 2.86 bits per heavy atom. The molecule has 0 aliphatic heterocycles. The van der Waals surface area contributed by atoms with Gasteiger partial charge in [-0.3, -0.25) is 4.79 Å². The lowest BCUT2D eigenvalue weighted by Crippen LogP contribution is -2.23. The van der Waals surface area contributed by atoms with Crippen LogP contribution in [-0.2, 0) is 4.79 Å². The van der Waals surface area contributed by atoms with Gasteiger partial charge in [0.05, 0.1) is 0 Å². The Kier molecular flexibility index (Phi) is 7.58. The van der Waals surface area contributed by atoms with Gasteiger partial charge in [-0.15, -0.1) is 18.0 Å². The molecular formula is C10H11ClFNO. The number of allylic oxidation sites excluding steroid dienone is 4. The minimum absolute atomic E-state index is 0.164. The molecule has 0 aromatic heterocycles. The minimum Gasteiger partial charge on any atom is -0.327 e. The van der Waals surface area contributed by atoms with Gasteiger partial charge in [0, 0.05) is 18.0 Å². The van der Waals surface area contributed by atoms with Gasteiger partial charge in [-0.2, -0.15) is 0 Å². The van der Waals surface area contributed by atoms with Crippen LogP contribution < -0.4 is 5.32 Å². The summed E-state index contributed by atoms with van der Waals surface area (Å²) in [5.74, 6) is 2.15. The zero-order valence-corrected chi connectivity index (χ0v) is 8.35. The van der Waals surface area contributed by atoms with E-state index in [9.17, 15) is 9.18 Å².